The van der Waals surface area contributed by atoms with Crippen molar-refractivity contribution in [3.63, 3.8) is 0 Å². The number of nitrogens with zero attached hydrogens (tertiary/aromatic N) is 3. The van der Waals surface area contributed by atoms with Crippen molar-refractivity contribution in [2.24, 2.45) is 0 Å². The molecule has 3 heterocycles. The van der Waals surface area contributed by atoms with E-state index < -0.39 is 15.4 Å². The first-order chi connectivity index (χ1) is 10.4. The summed E-state index contributed by atoms with van der Waals surface area (Å²) in [6.45, 7) is 4.70. The van der Waals surface area contributed by atoms with Gasteiger partial charge in [-0.25, -0.2) is 13.4 Å². The lowest BCUT2D eigenvalue weighted by Crippen LogP contribution is -2.31. The highest BCUT2D eigenvalue weighted by Gasteiger charge is 2.40. The number of hydrogen-bond acceptors (Lipinski definition) is 6. The van der Waals surface area contributed by atoms with Crippen molar-refractivity contribution in [3.05, 3.63) is 29.0 Å². The number of anilines is 1. The first-order valence-corrected chi connectivity index (χ1v) is 9.97. The molecule has 0 aromatic carbocycles. The van der Waals surface area contributed by atoms with Gasteiger partial charge in [-0.05, 0) is 19.8 Å². The predicted molar refractivity (Wildman–Crippen MR) is 88.0 cm³/mol. The highest BCUT2D eigenvalue weighted by molar-refractivity contribution is 7.91. The van der Waals surface area contributed by atoms with Crippen LogP contribution in [0.2, 0.25) is 0 Å². The molecule has 0 spiro atoms. The largest absolute Gasteiger partial charge is 0.357 e. The standard InChI is InChI=1S/C14H20N4O2S2/c1-3-12-8-16-13(21-12)15-6-11-7-17-18(9-11)14(2)4-5-22(19,20)10-14/h7-9H,3-6,10H2,1-2H3,(H,15,16)/t14-/m1/s1. The highest BCUT2D eigenvalue weighted by Crippen LogP contribution is 2.30. The first-order valence-electron chi connectivity index (χ1n) is 7.33. The summed E-state index contributed by atoms with van der Waals surface area (Å²) < 4.78 is 25.2. The van der Waals surface area contributed by atoms with Crippen LogP contribution in [0.4, 0.5) is 5.13 Å². The average Bonchev–Trinajstić information content (AvgIpc) is 3.16. The van der Waals surface area contributed by atoms with Gasteiger partial charge >= 0.3 is 0 Å². The van der Waals surface area contributed by atoms with Crippen molar-refractivity contribution < 1.29 is 8.42 Å². The summed E-state index contributed by atoms with van der Waals surface area (Å²) in [4.78, 5) is 5.57. The maximum Gasteiger partial charge on any atom is 0.183 e. The van der Waals surface area contributed by atoms with Crippen molar-refractivity contribution in [3.8, 4) is 0 Å². The number of thiazole rings is 1. The number of sulfone groups is 1. The molecule has 1 aliphatic rings. The minimum atomic E-state index is -2.93. The third-order valence-electron chi connectivity index (χ3n) is 4.02. The van der Waals surface area contributed by atoms with Gasteiger partial charge < -0.3 is 5.32 Å². The Balaban J connectivity index is 1.66. The molecule has 0 bridgehead atoms. The van der Waals surface area contributed by atoms with Gasteiger partial charge in [0, 0.05) is 29.4 Å². The van der Waals surface area contributed by atoms with Crippen LogP contribution in [-0.4, -0.2) is 34.7 Å². The second-order valence-corrected chi connectivity index (χ2v) is 9.27. The van der Waals surface area contributed by atoms with E-state index >= 15 is 0 Å². The molecule has 1 saturated heterocycles. The summed E-state index contributed by atoms with van der Waals surface area (Å²) in [7, 11) is -2.93. The number of nitrogens with one attached hydrogen (secondary N) is 1. The van der Waals surface area contributed by atoms with Crippen molar-refractivity contribution >= 4 is 26.3 Å². The molecule has 0 aliphatic carbocycles. The Morgan fingerprint density at radius 1 is 1.45 bits per heavy atom. The molecule has 1 aliphatic heterocycles. The molecule has 0 unspecified atom stereocenters. The van der Waals surface area contributed by atoms with Gasteiger partial charge in [-0.2, -0.15) is 5.10 Å². The Labute approximate surface area is 134 Å². The first kappa shape index (κ1) is 15.5. The fraction of sp³-hybridized carbons (Fsp3) is 0.571. The van der Waals surface area contributed by atoms with E-state index in [4.69, 9.17) is 0 Å². The van der Waals surface area contributed by atoms with E-state index in [0.717, 1.165) is 17.1 Å². The summed E-state index contributed by atoms with van der Waals surface area (Å²) in [5.74, 6) is 0.413. The molecule has 1 N–H and O–H groups in total. The molecule has 3 rings (SSSR count). The summed E-state index contributed by atoms with van der Waals surface area (Å²) in [6.07, 6.45) is 7.22. The number of hydrogen-bond donors (Lipinski definition) is 1. The molecular formula is C14H20N4O2S2. The van der Waals surface area contributed by atoms with Crippen LogP contribution < -0.4 is 5.32 Å². The number of aromatic nitrogens is 3. The molecule has 120 valence electrons. The monoisotopic (exact) mass is 340 g/mol. The van der Waals surface area contributed by atoms with Gasteiger partial charge in [0.2, 0.25) is 0 Å². The van der Waals surface area contributed by atoms with Gasteiger partial charge in [-0.15, -0.1) is 11.3 Å². The van der Waals surface area contributed by atoms with Gasteiger partial charge in [0.05, 0.1) is 23.2 Å². The maximum atomic E-state index is 11.7. The van der Waals surface area contributed by atoms with E-state index in [2.05, 4.69) is 22.3 Å². The Morgan fingerprint density at radius 3 is 2.91 bits per heavy atom. The molecule has 2 aromatic rings. The SMILES string of the molecule is CCc1cnc(NCc2cnn([C@]3(C)CCS(=O)(=O)C3)c2)s1. The molecule has 1 fully saturated rings. The van der Waals surface area contributed by atoms with Crippen molar-refractivity contribution in [2.75, 3.05) is 16.8 Å². The van der Waals surface area contributed by atoms with Crippen LogP contribution in [0.3, 0.4) is 0 Å². The van der Waals surface area contributed by atoms with Gasteiger partial charge in [0.1, 0.15) is 0 Å². The third-order valence-corrected chi connectivity index (χ3v) is 7.00. The Morgan fingerprint density at radius 2 is 2.27 bits per heavy atom. The smallest absolute Gasteiger partial charge is 0.183 e. The van der Waals surface area contributed by atoms with Crippen LogP contribution in [0.25, 0.3) is 0 Å². The fourth-order valence-electron chi connectivity index (χ4n) is 2.65. The number of rotatable bonds is 5. The minimum Gasteiger partial charge on any atom is -0.357 e. The van der Waals surface area contributed by atoms with E-state index in [9.17, 15) is 8.42 Å². The maximum absolute atomic E-state index is 11.7. The van der Waals surface area contributed by atoms with Crippen molar-refractivity contribution in [2.45, 2.75) is 38.8 Å². The van der Waals surface area contributed by atoms with E-state index in [1.807, 2.05) is 19.3 Å². The van der Waals surface area contributed by atoms with Gasteiger partial charge in [0.15, 0.2) is 15.0 Å². The highest BCUT2D eigenvalue weighted by atomic mass is 32.2. The van der Waals surface area contributed by atoms with Gasteiger partial charge in [0.25, 0.3) is 0 Å². The molecule has 1 atom stereocenters. The minimum absolute atomic E-state index is 0.168. The Bertz CT molecular complexity index is 765. The van der Waals surface area contributed by atoms with Crippen LogP contribution in [-0.2, 0) is 28.3 Å². The topological polar surface area (TPSA) is 76.9 Å². The predicted octanol–water partition coefficient (Wildman–Crippen LogP) is 2.05. The molecule has 6 nitrogen and oxygen atoms in total. The molecule has 0 radical (unpaired) electrons. The van der Waals surface area contributed by atoms with Crippen molar-refractivity contribution in [1.29, 1.82) is 0 Å². The molecule has 0 saturated carbocycles. The van der Waals surface area contributed by atoms with E-state index in [-0.39, 0.29) is 11.5 Å². The molecular weight excluding hydrogens is 320 g/mol. The van der Waals surface area contributed by atoms with Crippen molar-refractivity contribution in [1.82, 2.24) is 14.8 Å². The van der Waals surface area contributed by atoms with Crippen LogP contribution in [0, 0.1) is 0 Å². The van der Waals surface area contributed by atoms with Crippen LogP contribution >= 0.6 is 11.3 Å². The zero-order valence-corrected chi connectivity index (χ0v) is 14.4. The summed E-state index contributed by atoms with van der Waals surface area (Å²) in [6, 6.07) is 0. The summed E-state index contributed by atoms with van der Waals surface area (Å²) in [5, 5.41) is 8.55. The van der Waals surface area contributed by atoms with Gasteiger partial charge in [-0.3, -0.25) is 4.68 Å². The van der Waals surface area contributed by atoms with Crippen LogP contribution in [0.15, 0.2) is 18.6 Å². The van der Waals surface area contributed by atoms with E-state index in [1.165, 1.54) is 4.88 Å². The average molecular weight is 340 g/mol. The molecule has 2 aromatic heterocycles. The lowest BCUT2D eigenvalue weighted by molar-refractivity contribution is 0.328. The molecule has 0 amide bonds. The lowest BCUT2D eigenvalue weighted by atomic mass is 10.0. The Hall–Kier alpha value is -1.41. The van der Waals surface area contributed by atoms with E-state index in [0.29, 0.717) is 13.0 Å². The van der Waals surface area contributed by atoms with E-state index in [1.54, 1.807) is 22.2 Å². The summed E-state index contributed by atoms with van der Waals surface area (Å²) >= 11 is 1.65. The zero-order chi connectivity index (χ0) is 15.8. The number of aryl methyl sites for hydroxylation is 1. The molecule has 22 heavy (non-hydrogen) atoms. The van der Waals surface area contributed by atoms with Crippen LogP contribution in [0.1, 0.15) is 30.7 Å². The zero-order valence-electron chi connectivity index (χ0n) is 12.7. The van der Waals surface area contributed by atoms with Gasteiger partial charge in [-0.1, -0.05) is 6.92 Å². The third kappa shape index (κ3) is 3.17. The second kappa shape index (κ2) is 5.66. The lowest BCUT2D eigenvalue weighted by Gasteiger charge is -2.22. The second-order valence-electron chi connectivity index (χ2n) is 5.97. The fourth-order valence-corrected chi connectivity index (χ4v) is 5.52. The summed E-state index contributed by atoms with van der Waals surface area (Å²) in [5.41, 5.74) is 0.604. The quantitative estimate of drug-likeness (QED) is 0.901. The normalized spacial score (nSPS) is 23.7. The van der Waals surface area contributed by atoms with Crippen LogP contribution in [0.5, 0.6) is 0 Å². The Kier molecular flexibility index (Phi) is 3.98. The molecule has 8 heteroatoms.